The van der Waals surface area contributed by atoms with E-state index in [4.69, 9.17) is 9.47 Å². The van der Waals surface area contributed by atoms with Crippen molar-refractivity contribution in [2.24, 2.45) is 0 Å². The van der Waals surface area contributed by atoms with E-state index in [1.165, 1.54) is 33.7 Å². The summed E-state index contributed by atoms with van der Waals surface area (Å²) in [5.74, 6) is 0.0736. The number of hydrogen-bond donors (Lipinski definition) is 0. The van der Waals surface area contributed by atoms with E-state index in [2.05, 4.69) is 129 Å². The zero-order chi connectivity index (χ0) is 37.6. The van der Waals surface area contributed by atoms with Crippen molar-refractivity contribution in [1.29, 1.82) is 0 Å². The van der Waals surface area contributed by atoms with Crippen molar-refractivity contribution in [3.05, 3.63) is 199 Å². The number of fused-ring (bicyclic) bond motifs is 6. The summed E-state index contributed by atoms with van der Waals surface area (Å²) >= 11 is 0. The van der Waals surface area contributed by atoms with Gasteiger partial charge in [0.05, 0.1) is 27.8 Å². The largest absolute Gasteiger partial charge is 0.489 e. The van der Waals surface area contributed by atoms with Crippen LogP contribution in [0.1, 0.15) is 11.1 Å². The van der Waals surface area contributed by atoms with Gasteiger partial charge in [-0.25, -0.2) is 8.78 Å². The number of pyridine rings is 1. The number of aromatic nitrogens is 3. The minimum Gasteiger partial charge on any atom is -0.489 e. The number of nitrogens with zero attached hydrogens (tertiary/aromatic N) is 3. The lowest BCUT2D eigenvalue weighted by Crippen LogP contribution is -2.03. The number of halogens is 2. The Kier molecular flexibility index (Phi) is 8.25. The molecule has 7 heteroatoms. The molecule has 270 valence electrons. The van der Waals surface area contributed by atoms with Crippen molar-refractivity contribution in [2.75, 3.05) is 0 Å². The van der Waals surface area contributed by atoms with Gasteiger partial charge in [-0.05, 0) is 102 Å². The number of ether oxygens (including phenoxy) is 2. The summed E-state index contributed by atoms with van der Waals surface area (Å²) in [6.45, 7) is 0.592. The van der Waals surface area contributed by atoms with E-state index in [-0.39, 0.29) is 12.2 Å². The quantitative estimate of drug-likeness (QED) is 0.148. The van der Waals surface area contributed by atoms with Crippen molar-refractivity contribution in [1.82, 2.24) is 14.1 Å². The Morgan fingerprint density at radius 1 is 0.446 bits per heavy atom. The standard InChI is InChI=1S/C49H33F2N3O2/c50-34-17-22-43(44(51)28-34)45-27-32(23-24-52-45)30-55-37-18-20-38(21-19-37)56-31-33-25-35(53-46-13-5-1-9-39(46)40-10-2-6-14-47(40)53)29-36(26-33)54-48-15-7-3-11-41(48)42-12-4-8-16-49(42)54/h1-29H,30-31H2. The zero-order valence-corrected chi connectivity index (χ0v) is 30.1. The molecule has 0 saturated heterocycles. The first-order valence-corrected chi connectivity index (χ1v) is 18.4. The number of benzene rings is 7. The van der Waals surface area contributed by atoms with Crippen LogP contribution in [0.5, 0.6) is 11.5 Å². The van der Waals surface area contributed by atoms with Gasteiger partial charge in [-0.3, -0.25) is 4.98 Å². The minimum atomic E-state index is -0.660. The van der Waals surface area contributed by atoms with Gasteiger partial charge in [0.25, 0.3) is 0 Å². The molecular weight excluding hydrogens is 701 g/mol. The fourth-order valence-electron chi connectivity index (χ4n) is 7.77. The maximum atomic E-state index is 14.4. The highest BCUT2D eigenvalue weighted by atomic mass is 19.1. The van der Waals surface area contributed by atoms with E-state index < -0.39 is 11.6 Å². The molecule has 0 atom stereocenters. The van der Waals surface area contributed by atoms with Gasteiger partial charge in [0.2, 0.25) is 0 Å². The molecule has 0 bridgehead atoms. The van der Waals surface area contributed by atoms with Crippen molar-refractivity contribution in [2.45, 2.75) is 13.2 Å². The molecule has 10 aromatic rings. The number of para-hydroxylation sites is 4. The molecule has 7 aromatic carbocycles. The highest BCUT2D eigenvalue weighted by Gasteiger charge is 2.17. The third-order valence-electron chi connectivity index (χ3n) is 10.3. The van der Waals surface area contributed by atoms with Crippen LogP contribution >= 0.6 is 0 Å². The van der Waals surface area contributed by atoms with Gasteiger partial charge in [-0.15, -0.1) is 0 Å². The van der Waals surface area contributed by atoms with Gasteiger partial charge in [0.1, 0.15) is 36.3 Å². The second-order valence-corrected chi connectivity index (χ2v) is 13.8. The molecule has 0 unspecified atom stereocenters. The SMILES string of the molecule is Fc1ccc(-c2cc(COc3ccc(OCc4cc(-n5c6ccccc6c6ccccc65)cc(-n5c6ccccc6c6ccccc65)c4)cc3)ccn2)c(F)c1. The first-order valence-electron chi connectivity index (χ1n) is 18.4. The monoisotopic (exact) mass is 733 g/mol. The van der Waals surface area contributed by atoms with Crippen molar-refractivity contribution in [3.63, 3.8) is 0 Å². The molecule has 5 nitrogen and oxygen atoms in total. The first kappa shape index (κ1) is 33.3. The highest BCUT2D eigenvalue weighted by molar-refractivity contribution is 6.10. The molecule has 56 heavy (non-hydrogen) atoms. The van der Waals surface area contributed by atoms with Gasteiger partial charge in [-0.2, -0.15) is 0 Å². The molecule has 0 spiro atoms. The Morgan fingerprint density at radius 2 is 0.911 bits per heavy atom. The van der Waals surface area contributed by atoms with Gasteiger partial charge < -0.3 is 18.6 Å². The van der Waals surface area contributed by atoms with Crippen LogP contribution in [0.25, 0.3) is 66.2 Å². The molecule has 10 rings (SSSR count). The van der Waals surface area contributed by atoms with Crippen LogP contribution in [-0.4, -0.2) is 14.1 Å². The molecule has 0 aliphatic rings. The molecule has 3 heterocycles. The highest BCUT2D eigenvalue weighted by Crippen LogP contribution is 2.36. The predicted molar refractivity (Wildman–Crippen MR) is 220 cm³/mol. The van der Waals surface area contributed by atoms with Crippen molar-refractivity contribution in [3.8, 4) is 34.1 Å². The van der Waals surface area contributed by atoms with E-state index in [0.29, 0.717) is 23.8 Å². The van der Waals surface area contributed by atoms with E-state index in [1.807, 2.05) is 30.3 Å². The summed E-state index contributed by atoms with van der Waals surface area (Å²) in [6.07, 6.45) is 1.59. The fourth-order valence-corrected chi connectivity index (χ4v) is 7.77. The van der Waals surface area contributed by atoms with Gasteiger partial charge >= 0.3 is 0 Å². The topological polar surface area (TPSA) is 41.2 Å². The molecule has 0 saturated carbocycles. The zero-order valence-electron chi connectivity index (χ0n) is 30.1. The van der Waals surface area contributed by atoms with Crippen LogP contribution < -0.4 is 9.47 Å². The smallest absolute Gasteiger partial charge is 0.135 e. The summed E-state index contributed by atoms with van der Waals surface area (Å²) in [5, 5.41) is 4.82. The maximum Gasteiger partial charge on any atom is 0.135 e. The van der Waals surface area contributed by atoms with E-state index in [0.717, 1.165) is 50.6 Å². The summed E-state index contributed by atoms with van der Waals surface area (Å²) in [5.41, 5.74) is 9.13. The predicted octanol–water partition coefficient (Wildman–Crippen LogP) is 12.4. The van der Waals surface area contributed by atoms with Crippen LogP contribution in [0.15, 0.2) is 176 Å². The van der Waals surface area contributed by atoms with Crippen LogP contribution in [-0.2, 0) is 13.2 Å². The average Bonchev–Trinajstić information content (AvgIpc) is 3.76. The fraction of sp³-hybridized carbons (Fsp3) is 0.0408. The van der Waals surface area contributed by atoms with Gasteiger partial charge in [-0.1, -0.05) is 72.8 Å². The third-order valence-corrected chi connectivity index (χ3v) is 10.3. The molecule has 0 fully saturated rings. The second-order valence-electron chi connectivity index (χ2n) is 13.8. The van der Waals surface area contributed by atoms with Crippen molar-refractivity contribution >= 4 is 43.6 Å². The van der Waals surface area contributed by atoms with E-state index in [1.54, 1.807) is 12.3 Å². The second kappa shape index (κ2) is 13.9. The molecule has 0 aliphatic heterocycles. The molecule has 3 aromatic heterocycles. The summed E-state index contributed by atoms with van der Waals surface area (Å²) < 4.78 is 45.0. The normalized spacial score (nSPS) is 11.5. The van der Waals surface area contributed by atoms with Crippen molar-refractivity contribution < 1.29 is 18.3 Å². The lowest BCUT2D eigenvalue weighted by molar-refractivity contribution is 0.297. The molecule has 0 N–H and O–H groups in total. The Balaban J connectivity index is 0.967. The maximum absolute atomic E-state index is 14.4. The number of hydrogen-bond acceptors (Lipinski definition) is 3. The third kappa shape index (κ3) is 6.00. The molecule has 0 amide bonds. The lowest BCUT2D eigenvalue weighted by atomic mass is 10.1. The van der Waals surface area contributed by atoms with Crippen LogP contribution in [0.3, 0.4) is 0 Å². The van der Waals surface area contributed by atoms with Crippen LogP contribution in [0.2, 0.25) is 0 Å². The van der Waals surface area contributed by atoms with Gasteiger partial charge in [0.15, 0.2) is 0 Å². The lowest BCUT2D eigenvalue weighted by Gasteiger charge is -2.16. The molecule has 0 aliphatic carbocycles. The van der Waals surface area contributed by atoms with E-state index >= 15 is 0 Å². The Bertz CT molecular complexity index is 2840. The molecule has 0 radical (unpaired) electrons. The van der Waals surface area contributed by atoms with E-state index in [9.17, 15) is 8.78 Å². The number of rotatable bonds is 9. The Hall–Kier alpha value is -7.25. The average molecular weight is 734 g/mol. The minimum absolute atomic E-state index is 0.234. The summed E-state index contributed by atoms with van der Waals surface area (Å²) in [7, 11) is 0. The Labute approximate surface area is 321 Å². The first-order chi connectivity index (χ1) is 27.6. The summed E-state index contributed by atoms with van der Waals surface area (Å²) in [4.78, 5) is 4.27. The molecular formula is C49H33F2N3O2. The van der Waals surface area contributed by atoms with Gasteiger partial charge in [0, 0.05) is 50.7 Å². The summed E-state index contributed by atoms with van der Waals surface area (Å²) in [6, 6.07) is 55.5. The van der Waals surface area contributed by atoms with Crippen LogP contribution in [0, 0.1) is 11.6 Å². The van der Waals surface area contributed by atoms with Crippen LogP contribution in [0.4, 0.5) is 8.78 Å². The Morgan fingerprint density at radius 3 is 1.39 bits per heavy atom.